The third-order valence-corrected chi connectivity index (χ3v) is 29.9. The maximum atomic E-state index is 12.0. The molecule has 6 fully saturated rings. The van der Waals surface area contributed by atoms with E-state index in [2.05, 4.69) is 121 Å². The molecule has 36 heteroatoms. The van der Waals surface area contributed by atoms with Gasteiger partial charge in [0, 0.05) is 256 Å². The third-order valence-electron chi connectivity index (χ3n) is 27.8. The standard InChI is InChI=1S/C29H35N7O2S.C27H31N7O2S.2C24H27N7O/c1-35-16-24(13-31-35)20-6-4-9-23(12-20)28-30-15-26(25-14-32-36(2)17-25)29(34-28)33-27-21-7-5-8-22(27)11-19(10-21)18-39(3,37)38;1-33-15-21(12-29-33)19-5-4-6-20(7-19)25-28-14-24(22-13-30-34(2)16-22)26(32-25)31-23-10-27(11-23)8-18(9-27)17-37(3,35)36;2*1-30-14-18(11-26-30)16-5-3-6-17(9-16)23-25-13-22(19-12-27-31(2)15-19)24(29-23)28-20-7-4-8-21(32)10-20/h4,6,9,12-17,19,21-22,27H,5,7-8,10-11,18H2,1-3H3,(H,30,33,34);4-7,12-16,18,23H,8-11,17H2,1-3H3,(H,28,31,32);2*3,5-6,9,11-15,20-21,32H,4,7-8,10H2,1-2H3,(H,25,28,29)/t;;20-,21+;20-,21-/m..00/s1. The maximum Gasteiger partial charge on any atom is 0.161 e. The number of aromatic nitrogens is 24. The van der Waals surface area contributed by atoms with Gasteiger partial charge < -0.3 is 31.5 Å². The lowest BCUT2D eigenvalue weighted by Crippen LogP contribution is -2.53. The maximum absolute atomic E-state index is 12.0. The van der Waals surface area contributed by atoms with Crippen LogP contribution in [0.2, 0.25) is 0 Å². The first-order chi connectivity index (χ1) is 67.5. The lowest BCUT2D eigenvalue weighted by Gasteiger charge is -2.58. The highest BCUT2D eigenvalue weighted by Crippen LogP contribution is 2.60. The Kier molecular flexibility index (Phi) is 27.6. The van der Waals surface area contributed by atoms with E-state index in [1.807, 2.05) is 229 Å². The monoisotopic (exact) mass is 1920 g/mol. The van der Waals surface area contributed by atoms with E-state index < -0.39 is 19.7 Å². The molecule has 0 saturated heterocycles. The van der Waals surface area contributed by atoms with Crippen molar-refractivity contribution in [2.45, 2.75) is 146 Å². The molecule has 1 spiro atoms. The number of aliphatic hydroxyl groups is 2. The fourth-order valence-electron chi connectivity index (χ4n) is 21.4. The van der Waals surface area contributed by atoms with Gasteiger partial charge in [-0.05, 0) is 178 Å². The smallest absolute Gasteiger partial charge is 0.161 e. The number of aliphatic hydroxyl groups excluding tert-OH is 2. The van der Waals surface area contributed by atoms with E-state index >= 15 is 0 Å². The van der Waals surface area contributed by atoms with Gasteiger partial charge in [-0.1, -0.05) is 79.2 Å². The summed E-state index contributed by atoms with van der Waals surface area (Å²) >= 11 is 0. The van der Waals surface area contributed by atoms with Crippen molar-refractivity contribution < 1.29 is 27.0 Å². The molecule has 12 aromatic heterocycles. The molecule has 6 aliphatic carbocycles. The number of hydrogen-bond acceptors (Lipinski definition) is 26. The second-order valence-electron chi connectivity index (χ2n) is 39.4. The molecular formula is C104H120N28O6S2. The van der Waals surface area contributed by atoms with E-state index in [1.54, 1.807) is 37.5 Å². The lowest BCUT2D eigenvalue weighted by atomic mass is 9.50. The largest absolute Gasteiger partial charge is 0.393 e. The molecule has 16 aromatic rings. The van der Waals surface area contributed by atoms with E-state index in [0.29, 0.717) is 58.6 Å². The Balaban J connectivity index is 0.000000119. The summed E-state index contributed by atoms with van der Waals surface area (Å²) in [5.41, 5.74) is 20.0. The Morgan fingerprint density at radius 3 is 0.850 bits per heavy atom. The van der Waals surface area contributed by atoms with E-state index in [1.165, 1.54) is 18.9 Å². The van der Waals surface area contributed by atoms with Gasteiger partial charge in [0.15, 0.2) is 23.3 Å². The predicted octanol–water partition coefficient (Wildman–Crippen LogP) is 15.9. The van der Waals surface area contributed by atoms with Crippen molar-refractivity contribution in [3.05, 3.63) is 221 Å². The molecule has 6 N–H and O–H groups in total. The first-order valence-electron chi connectivity index (χ1n) is 48.1. The molecule has 6 aliphatic rings. The molecular weight excluding hydrogens is 1800 g/mol. The summed E-state index contributed by atoms with van der Waals surface area (Å²) in [6, 6.07) is 33.7. The number of hydrogen-bond donors (Lipinski definition) is 6. The Labute approximate surface area is 815 Å². The normalized spacial score (nSPS) is 21.0. The van der Waals surface area contributed by atoms with Gasteiger partial charge in [-0.25, -0.2) is 56.7 Å². The highest BCUT2D eigenvalue weighted by Gasteiger charge is 2.53. The first-order valence-corrected chi connectivity index (χ1v) is 52.2. The van der Waals surface area contributed by atoms with Crippen molar-refractivity contribution in [2.24, 2.45) is 85.5 Å². The van der Waals surface area contributed by atoms with E-state index in [9.17, 15) is 27.0 Å². The van der Waals surface area contributed by atoms with Crippen LogP contribution in [0, 0.1) is 29.1 Å². The van der Waals surface area contributed by atoms with Crippen molar-refractivity contribution >= 4 is 42.9 Å². The zero-order chi connectivity index (χ0) is 97.1. The first kappa shape index (κ1) is 94.8. The highest BCUT2D eigenvalue weighted by molar-refractivity contribution is 7.90. The molecule has 4 aromatic carbocycles. The Morgan fingerprint density at radius 2 is 0.571 bits per heavy atom. The van der Waals surface area contributed by atoms with E-state index in [0.717, 1.165) is 237 Å². The lowest BCUT2D eigenvalue weighted by molar-refractivity contribution is -0.0243. The zero-order valence-corrected chi connectivity index (χ0v) is 82.2. The second-order valence-corrected chi connectivity index (χ2v) is 43.7. The van der Waals surface area contributed by atoms with Crippen LogP contribution in [0.25, 0.3) is 135 Å². The summed E-state index contributed by atoms with van der Waals surface area (Å²) in [6.45, 7) is 0. The fraction of sp³-hybridized carbons (Fsp3) is 0.385. The summed E-state index contributed by atoms with van der Waals surface area (Å²) < 4.78 is 61.7. The van der Waals surface area contributed by atoms with Gasteiger partial charge in [0.2, 0.25) is 0 Å². The van der Waals surface area contributed by atoms with Gasteiger partial charge in [0.05, 0.1) is 73.3 Å². The van der Waals surface area contributed by atoms with Gasteiger partial charge in [0.25, 0.3) is 0 Å². The van der Waals surface area contributed by atoms with Gasteiger partial charge in [-0.3, -0.25) is 37.5 Å². The predicted molar refractivity (Wildman–Crippen MR) is 543 cm³/mol. The van der Waals surface area contributed by atoms with Crippen molar-refractivity contribution in [1.29, 1.82) is 0 Å². The molecule has 0 radical (unpaired) electrons. The molecule has 6 saturated carbocycles. The van der Waals surface area contributed by atoms with Crippen LogP contribution in [0.15, 0.2) is 221 Å². The number of anilines is 4. The molecule has 2 bridgehead atoms. The number of rotatable bonds is 24. The fourth-order valence-corrected chi connectivity index (χ4v) is 23.6. The summed E-state index contributed by atoms with van der Waals surface area (Å²) in [5.74, 6) is 7.79. The minimum Gasteiger partial charge on any atom is -0.393 e. The average molecular weight is 1920 g/mol. The number of fused-ring (bicyclic) bond motifs is 2. The van der Waals surface area contributed by atoms with Gasteiger partial charge in [0.1, 0.15) is 42.9 Å². The molecule has 0 amide bonds. The molecule has 6 atom stereocenters. The molecule has 140 heavy (non-hydrogen) atoms. The Bertz CT molecular complexity index is 7110. The van der Waals surface area contributed by atoms with Crippen LogP contribution in [-0.2, 0) is 76.1 Å². The van der Waals surface area contributed by atoms with Crippen LogP contribution in [0.3, 0.4) is 0 Å². The number of benzene rings is 4. The van der Waals surface area contributed by atoms with Crippen molar-refractivity contribution in [2.75, 3.05) is 45.3 Å². The number of nitrogens with one attached hydrogen (secondary N) is 4. The van der Waals surface area contributed by atoms with Crippen LogP contribution in [0.5, 0.6) is 0 Å². The zero-order valence-electron chi connectivity index (χ0n) is 80.6. The molecule has 2 unspecified atom stereocenters. The van der Waals surface area contributed by atoms with Crippen molar-refractivity contribution in [1.82, 2.24) is 118 Å². The minimum absolute atomic E-state index is 0.179. The molecule has 34 nitrogen and oxygen atoms in total. The van der Waals surface area contributed by atoms with Gasteiger partial charge >= 0.3 is 0 Å². The number of sulfone groups is 2. The third kappa shape index (κ3) is 22.9. The molecule has 724 valence electrons. The van der Waals surface area contributed by atoms with Gasteiger partial charge in [-0.15, -0.1) is 0 Å². The van der Waals surface area contributed by atoms with Crippen molar-refractivity contribution in [3.8, 4) is 135 Å². The van der Waals surface area contributed by atoms with E-state index in [4.69, 9.17) is 29.9 Å². The number of nitrogens with zero attached hydrogens (tertiary/aromatic N) is 24. The van der Waals surface area contributed by atoms with Crippen LogP contribution in [0.4, 0.5) is 23.3 Å². The van der Waals surface area contributed by atoms with Crippen molar-refractivity contribution in [3.63, 3.8) is 0 Å². The van der Waals surface area contributed by atoms with Gasteiger partial charge in [-0.2, -0.15) is 40.8 Å². The van der Waals surface area contributed by atoms with Crippen LogP contribution in [-0.4, -0.2) is 206 Å². The summed E-state index contributed by atoms with van der Waals surface area (Å²) in [4.78, 5) is 38.8. The molecule has 0 aliphatic heterocycles. The quantitative estimate of drug-likeness (QED) is 0.0327. The van der Waals surface area contributed by atoms with Crippen LogP contribution in [0.1, 0.15) is 109 Å². The van der Waals surface area contributed by atoms with Crippen LogP contribution < -0.4 is 21.3 Å². The topological polar surface area (TPSA) is 403 Å². The number of aryl methyl sites for hydroxylation is 8. The summed E-state index contributed by atoms with van der Waals surface area (Å²) in [7, 11) is 9.34. The Hall–Kier alpha value is -14.1. The summed E-state index contributed by atoms with van der Waals surface area (Å²) in [5, 5.41) is 69.4. The Morgan fingerprint density at radius 1 is 0.307 bits per heavy atom. The molecule has 12 heterocycles. The SMILES string of the molecule is Cn1cc(-c2cccc(-c3ncc(-c4cnn(C)c4)c(NC4C5CCCC4CC(CS(C)(=O)=O)C5)n3)c2)cn1.Cn1cc(-c2cccc(-c3ncc(-c4cnn(C)c4)c(NC4CC5(CC(CS(C)(=O)=O)C5)C4)n3)c2)cn1.Cn1cc(-c2cccc(-c3ncc(-c4cnn(C)c4)c(N[C@H]4CCC[C@@H](O)C4)n3)c2)cn1.Cn1cc(-c2cccc(-c3ncc(-c4cnn(C)c4)c(N[C@H]4CCC[C@H](O)C4)n3)c2)cn1. The van der Waals surface area contributed by atoms with E-state index in [-0.39, 0.29) is 41.7 Å². The summed E-state index contributed by atoms with van der Waals surface area (Å²) in [6.07, 6.45) is 56.8. The van der Waals surface area contributed by atoms with Crippen LogP contribution >= 0.6 is 0 Å². The second kappa shape index (κ2) is 40.8. The molecule has 22 rings (SSSR count). The average Bonchev–Trinajstić information content (AvgIpc) is 0.782. The highest BCUT2D eigenvalue weighted by atomic mass is 32.2. The minimum atomic E-state index is -2.99.